The van der Waals surface area contributed by atoms with E-state index in [1.54, 1.807) is 6.20 Å². The monoisotopic (exact) mass is 186 g/mol. The first-order valence-corrected chi connectivity index (χ1v) is 4.65. The average molecular weight is 186 g/mol. The van der Waals surface area contributed by atoms with Crippen molar-refractivity contribution in [2.75, 3.05) is 6.61 Å². The standard InChI is InChI=1S/C12H12NO/c1-3-14-12-6-7-13-11-8-9(2)4-5-10(11)12/h4-8H,2-3H2,1H3. The van der Waals surface area contributed by atoms with E-state index < -0.39 is 0 Å². The second-order valence-corrected chi connectivity index (χ2v) is 3.09. The van der Waals surface area contributed by atoms with E-state index in [1.165, 1.54) is 0 Å². The maximum atomic E-state index is 5.50. The summed E-state index contributed by atoms with van der Waals surface area (Å²) in [4.78, 5) is 4.26. The lowest BCUT2D eigenvalue weighted by atomic mass is 10.1. The van der Waals surface area contributed by atoms with Gasteiger partial charge in [-0.15, -0.1) is 0 Å². The van der Waals surface area contributed by atoms with Crippen molar-refractivity contribution in [1.82, 2.24) is 4.98 Å². The molecule has 0 spiro atoms. The van der Waals surface area contributed by atoms with Crippen molar-refractivity contribution in [3.63, 3.8) is 0 Å². The Bertz CT molecular complexity index is 451. The molecule has 0 unspecified atom stereocenters. The fourth-order valence-electron chi connectivity index (χ4n) is 1.45. The number of hydrogen-bond donors (Lipinski definition) is 0. The van der Waals surface area contributed by atoms with Crippen LogP contribution >= 0.6 is 0 Å². The van der Waals surface area contributed by atoms with Gasteiger partial charge in [0.1, 0.15) is 5.75 Å². The highest BCUT2D eigenvalue weighted by Gasteiger charge is 2.01. The Labute approximate surface area is 83.5 Å². The summed E-state index contributed by atoms with van der Waals surface area (Å²) in [6, 6.07) is 7.80. The fraction of sp³-hybridized carbons (Fsp3) is 0.167. The molecule has 14 heavy (non-hydrogen) atoms. The molecule has 0 aliphatic carbocycles. The Morgan fingerprint density at radius 2 is 2.21 bits per heavy atom. The van der Waals surface area contributed by atoms with Gasteiger partial charge in [-0.25, -0.2) is 0 Å². The van der Waals surface area contributed by atoms with Crippen LogP contribution in [-0.2, 0) is 0 Å². The van der Waals surface area contributed by atoms with Crippen LogP contribution in [0.25, 0.3) is 10.9 Å². The molecule has 0 aliphatic heterocycles. The van der Waals surface area contributed by atoms with Crippen LogP contribution in [0.3, 0.4) is 0 Å². The highest BCUT2D eigenvalue weighted by molar-refractivity contribution is 5.85. The Hall–Kier alpha value is -1.57. The molecular formula is C12H12NO. The SMILES string of the molecule is [CH2]c1ccc2c(OCC)ccnc2c1. The van der Waals surface area contributed by atoms with E-state index >= 15 is 0 Å². The summed E-state index contributed by atoms with van der Waals surface area (Å²) in [5.74, 6) is 0.887. The number of hydrogen-bond acceptors (Lipinski definition) is 2. The second-order valence-electron chi connectivity index (χ2n) is 3.09. The Morgan fingerprint density at radius 3 is 3.00 bits per heavy atom. The summed E-state index contributed by atoms with van der Waals surface area (Å²) < 4.78 is 5.50. The normalized spacial score (nSPS) is 10.4. The van der Waals surface area contributed by atoms with Gasteiger partial charge in [-0.2, -0.15) is 0 Å². The summed E-state index contributed by atoms with van der Waals surface area (Å²) >= 11 is 0. The molecular weight excluding hydrogens is 174 g/mol. The Balaban J connectivity index is 2.62. The van der Waals surface area contributed by atoms with Gasteiger partial charge in [0.05, 0.1) is 12.1 Å². The number of aromatic nitrogens is 1. The number of ether oxygens (including phenoxy) is 1. The van der Waals surface area contributed by atoms with Crippen molar-refractivity contribution >= 4 is 10.9 Å². The van der Waals surface area contributed by atoms with Crippen LogP contribution in [-0.4, -0.2) is 11.6 Å². The molecule has 0 aliphatic rings. The minimum absolute atomic E-state index is 0.672. The van der Waals surface area contributed by atoms with Crippen LogP contribution in [0.1, 0.15) is 12.5 Å². The van der Waals surface area contributed by atoms with Crippen LogP contribution in [0.2, 0.25) is 0 Å². The topological polar surface area (TPSA) is 22.1 Å². The Morgan fingerprint density at radius 1 is 1.36 bits per heavy atom. The third-order valence-corrected chi connectivity index (χ3v) is 2.07. The second kappa shape index (κ2) is 3.66. The number of benzene rings is 1. The quantitative estimate of drug-likeness (QED) is 0.719. The lowest BCUT2D eigenvalue weighted by Crippen LogP contribution is -1.93. The summed E-state index contributed by atoms with van der Waals surface area (Å²) in [5.41, 5.74) is 1.90. The van der Waals surface area contributed by atoms with Gasteiger partial charge in [0, 0.05) is 11.6 Å². The van der Waals surface area contributed by atoms with Crippen LogP contribution < -0.4 is 4.74 Å². The molecule has 71 valence electrons. The highest BCUT2D eigenvalue weighted by atomic mass is 16.5. The number of fused-ring (bicyclic) bond motifs is 1. The van der Waals surface area contributed by atoms with E-state index in [9.17, 15) is 0 Å². The molecule has 2 aromatic rings. The molecule has 2 rings (SSSR count). The summed E-state index contributed by atoms with van der Waals surface area (Å²) in [6.07, 6.45) is 1.76. The van der Waals surface area contributed by atoms with Gasteiger partial charge in [0.15, 0.2) is 0 Å². The van der Waals surface area contributed by atoms with Crippen molar-refractivity contribution in [2.24, 2.45) is 0 Å². The van der Waals surface area contributed by atoms with Gasteiger partial charge in [-0.1, -0.05) is 6.07 Å². The first-order valence-electron chi connectivity index (χ1n) is 4.65. The molecule has 0 atom stereocenters. The largest absolute Gasteiger partial charge is 0.493 e. The van der Waals surface area contributed by atoms with E-state index in [0.717, 1.165) is 22.2 Å². The molecule has 2 nitrogen and oxygen atoms in total. The number of pyridine rings is 1. The van der Waals surface area contributed by atoms with Crippen molar-refractivity contribution in [2.45, 2.75) is 6.92 Å². The first-order chi connectivity index (χ1) is 6.81. The van der Waals surface area contributed by atoms with Crippen molar-refractivity contribution in [3.8, 4) is 5.75 Å². The maximum Gasteiger partial charge on any atom is 0.130 e. The molecule has 0 N–H and O–H groups in total. The molecule has 1 radical (unpaired) electrons. The summed E-state index contributed by atoms with van der Waals surface area (Å²) in [6.45, 7) is 6.51. The molecule has 1 aromatic heterocycles. The van der Waals surface area contributed by atoms with Crippen LogP contribution in [0.5, 0.6) is 5.75 Å². The van der Waals surface area contributed by atoms with Crippen LogP contribution in [0.15, 0.2) is 30.5 Å². The van der Waals surface area contributed by atoms with E-state index in [0.29, 0.717) is 6.61 Å². The van der Waals surface area contributed by atoms with Gasteiger partial charge in [-0.3, -0.25) is 4.98 Å². The lowest BCUT2D eigenvalue weighted by Gasteiger charge is -2.06. The molecule has 0 fully saturated rings. The van der Waals surface area contributed by atoms with Gasteiger partial charge in [0.25, 0.3) is 0 Å². The zero-order chi connectivity index (χ0) is 9.97. The van der Waals surface area contributed by atoms with E-state index in [4.69, 9.17) is 4.74 Å². The smallest absolute Gasteiger partial charge is 0.130 e. The number of nitrogens with zero attached hydrogens (tertiary/aromatic N) is 1. The van der Waals surface area contributed by atoms with E-state index in [1.807, 2.05) is 31.2 Å². The third-order valence-electron chi connectivity index (χ3n) is 2.07. The zero-order valence-corrected chi connectivity index (χ0v) is 8.16. The lowest BCUT2D eigenvalue weighted by molar-refractivity contribution is 0.344. The maximum absolute atomic E-state index is 5.50. The highest BCUT2D eigenvalue weighted by Crippen LogP contribution is 2.24. The Kier molecular flexibility index (Phi) is 2.35. The minimum atomic E-state index is 0.672. The molecule has 1 heterocycles. The number of rotatable bonds is 2. The third kappa shape index (κ3) is 1.55. The van der Waals surface area contributed by atoms with E-state index in [2.05, 4.69) is 11.9 Å². The summed E-state index contributed by atoms with van der Waals surface area (Å²) in [5, 5.41) is 1.04. The van der Waals surface area contributed by atoms with Crippen LogP contribution in [0, 0.1) is 6.92 Å². The summed E-state index contributed by atoms with van der Waals surface area (Å²) in [7, 11) is 0. The van der Waals surface area contributed by atoms with Gasteiger partial charge in [0.2, 0.25) is 0 Å². The minimum Gasteiger partial charge on any atom is -0.493 e. The molecule has 0 saturated carbocycles. The molecule has 2 heteroatoms. The van der Waals surface area contributed by atoms with Crippen molar-refractivity contribution in [3.05, 3.63) is 42.9 Å². The first kappa shape index (κ1) is 9.00. The van der Waals surface area contributed by atoms with Crippen molar-refractivity contribution < 1.29 is 4.74 Å². The predicted octanol–water partition coefficient (Wildman–Crippen LogP) is 2.82. The fourth-order valence-corrected chi connectivity index (χ4v) is 1.45. The van der Waals surface area contributed by atoms with Gasteiger partial charge < -0.3 is 4.74 Å². The van der Waals surface area contributed by atoms with Crippen molar-refractivity contribution in [1.29, 1.82) is 0 Å². The van der Waals surface area contributed by atoms with E-state index in [-0.39, 0.29) is 0 Å². The molecule has 0 bridgehead atoms. The molecule has 0 saturated heterocycles. The van der Waals surface area contributed by atoms with Crippen LogP contribution in [0.4, 0.5) is 0 Å². The predicted molar refractivity (Wildman–Crippen MR) is 57.4 cm³/mol. The molecule has 0 amide bonds. The average Bonchev–Trinajstić information content (AvgIpc) is 2.18. The van der Waals surface area contributed by atoms with Gasteiger partial charge >= 0.3 is 0 Å². The zero-order valence-electron chi connectivity index (χ0n) is 8.16. The molecule has 1 aromatic carbocycles. The van der Waals surface area contributed by atoms with Gasteiger partial charge in [-0.05, 0) is 37.6 Å².